The first kappa shape index (κ1) is 15.6. The van der Waals surface area contributed by atoms with Gasteiger partial charge in [0.25, 0.3) is 21.9 Å². The summed E-state index contributed by atoms with van der Waals surface area (Å²) in [7, 11) is -4.85. The molecule has 22 heavy (non-hydrogen) atoms. The van der Waals surface area contributed by atoms with Crippen LogP contribution in [0.1, 0.15) is 6.42 Å². The molecule has 2 rings (SSSR count). The fraction of sp³-hybridized carbons (Fsp3) is 0.375. The van der Waals surface area contributed by atoms with E-state index < -0.39 is 58.2 Å². The van der Waals surface area contributed by atoms with Gasteiger partial charge in [-0.05, 0) is 0 Å². The van der Waals surface area contributed by atoms with E-state index in [9.17, 15) is 32.4 Å². The highest BCUT2D eigenvalue weighted by molar-refractivity contribution is 7.87. The number of amides is 6. The number of carbonyl (C=O) groups excluding carboxylic acids is 5. The zero-order valence-electron chi connectivity index (χ0n) is 10.4. The van der Waals surface area contributed by atoms with Crippen molar-refractivity contribution in [3.05, 3.63) is 0 Å². The van der Waals surface area contributed by atoms with Crippen LogP contribution in [0.4, 0.5) is 9.59 Å². The molecule has 1 atom stereocenters. The molecule has 0 bridgehead atoms. The first-order valence-corrected chi connectivity index (χ1v) is 6.92. The summed E-state index contributed by atoms with van der Waals surface area (Å²) in [6, 6.07) is -2.28. The largest absolute Gasteiger partial charge is 0.371 e. The molecule has 0 aliphatic carbocycles. The molecular formula is C8H6N4O9S. The molecule has 6 amide bonds. The normalized spacial score (nSPS) is 22.0. The van der Waals surface area contributed by atoms with Crippen molar-refractivity contribution in [3.63, 3.8) is 0 Å². The zero-order valence-corrected chi connectivity index (χ0v) is 11.2. The maximum atomic E-state index is 11.6. The van der Waals surface area contributed by atoms with E-state index >= 15 is 0 Å². The fourth-order valence-corrected chi connectivity index (χ4v) is 2.29. The van der Waals surface area contributed by atoms with Crippen LogP contribution >= 0.6 is 0 Å². The van der Waals surface area contributed by atoms with Crippen LogP contribution in [-0.2, 0) is 29.3 Å². The molecule has 1 fully saturated rings. The second-order valence-corrected chi connectivity index (χ2v) is 5.65. The Morgan fingerprint density at radius 1 is 1.23 bits per heavy atom. The van der Waals surface area contributed by atoms with Gasteiger partial charge in [0, 0.05) is 0 Å². The van der Waals surface area contributed by atoms with E-state index in [-0.39, 0.29) is 9.96 Å². The lowest BCUT2D eigenvalue weighted by Gasteiger charge is -2.15. The monoisotopic (exact) mass is 334 g/mol. The fourth-order valence-electron chi connectivity index (χ4n) is 1.58. The summed E-state index contributed by atoms with van der Waals surface area (Å²) < 4.78 is 30.5. The Hall–Kier alpha value is -2.74. The Morgan fingerprint density at radius 2 is 1.77 bits per heavy atom. The van der Waals surface area contributed by atoms with Crippen LogP contribution in [0.3, 0.4) is 0 Å². The first-order chi connectivity index (χ1) is 10.1. The number of hydrogen-bond donors (Lipinski definition) is 1. The van der Waals surface area contributed by atoms with Gasteiger partial charge < -0.3 is 4.84 Å². The Morgan fingerprint density at radius 3 is 2.23 bits per heavy atom. The van der Waals surface area contributed by atoms with E-state index in [1.807, 2.05) is 0 Å². The van der Waals surface area contributed by atoms with Crippen LogP contribution in [-0.4, -0.2) is 64.6 Å². The van der Waals surface area contributed by atoms with Crippen molar-refractivity contribution in [2.75, 3.05) is 6.54 Å². The van der Waals surface area contributed by atoms with Crippen molar-refractivity contribution in [2.45, 2.75) is 11.7 Å². The van der Waals surface area contributed by atoms with Crippen LogP contribution < -0.4 is 0 Å². The van der Waals surface area contributed by atoms with Crippen molar-refractivity contribution in [1.29, 1.82) is 0 Å². The molecule has 0 aromatic heterocycles. The maximum absolute atomic E-state index is 11.6. The molecule has 2 aliphatic rings. The summed E-state index contributed by atoms with van der Waals surface area (Å²) >= 11 is 0. The summed E-state index contributed by atoms with van der Waals surface area (Å²) in [5.74, 6) is -4.03. The van der Waals surface area contributed by atoms with Gasteiger partial charge in [-0.3, -0.25) is 14.1 Å². The lowest BCUT2D eigenvalue weighted by atomic mass is 10.4. The summed E-state index contributed by atoms with van der Waals surface area (Å²) in [5.41, 5.74) is 0. The minimum Gasteiger partial charge on any atom is -0.328 e. The van der Waals surface area contributed by atoms with Crippen LogP contribution in [0.2, 0.25) is 0 Å². The van der Waals surface area contributed by atoms with Gasteiger partial charge in [0.2, 0.25) is 0 Å². The quantitative estimate of drug-likeness (QED) is 0.471. The van der Waals surface area contributed by atoms with Gasteiger partial charge in [-0.25, -0.2) is 19.3 Å². The van der Waals surface area contributed by atoms with Crippen molar-refractivity contribution in [2.24, 2.45) is 10.2 Å². The van der Waals surface area contributed by atoms with Crippen LogP contribution in [0.5, 0.6) is 0 Å². The third-order valence-corrected chi connectivity index (χ3v) is 3.67. The number of urea groups is 2. The van der Waals surface area contributed by atoms with Crippen LogP contribution in [0.15, 0.2) is 10.2 Å². The molecule has 0 aromatic carbocycles. The SMILES string of the molecule is O=C(CN1C(=O)N=NC1=O)ON1C(=O)CC(S(=O)(=O)O)C1=O. The van der Waals surface area contributed by atoms with Crippen molar-refractivity contribution >= 4 is 40.0 Å². The molecule has 0 radical (unpaired) electrons. The molecule has 1 N–H and O–H groups in total. The molecule has 1 unspecified atom stereocenters. The van der Waals surface area contributed by atoms with E-state index in [0.29, 0.717) is 0 Å². The summed E-state index contributed by atoms with van der Waals surface area (Å²) in [6.07, 6.45) is -0.906. The number of hydrogen-bond acceptors (Lipinski definition) is 8. The smallest absolute Gasteiger partial charge is 0.328 e. The molecule has 0 aromatic rings. The molecule has 14 heteroatoms. The van der Waals surface area contributed by atoms with Crippen LogP contribution in [0.25, 0.3) is 0 Å². The predicted octanol–water partition coefficient (Wildman–Crippen LogP) is -1.53. The zero-order chi connectivity index (χ0) is 16.7. The lowest BCUT2D eigenvalue weighted by Crippen LogP contribution is -2.41. The Labute approximate surface area is 121 Å². The average molecular weight is 334 g/mol. The lowest BCUT2D eigenvalue weighted by molar-refractivity contribution is -0.197. The third-order valence-electron chi connectivity index (χ3n) is 2.58. The molecule has 1 saturated heterocycles. The first-order valence-electron chi connectivity index (χ1n) is 5.42. The third kappa shape index (κ3) is 2.82. The minimum absolute atomic E-state index is 0.153. The summed E-state index contributed by atoms with van der Waals surface area (Å²) in [5, 5.41) is 3.48. The summed E-state index contributed by atoms with van der Waals surface area (Å²) in [6.45, 7) is -0.988. The van der Waals surface area contributed by atoms with Gasteiger partial charge >= 0.3 is 18.0 Å². The van der Waals surface area contributed by atoms with Gasteiger partial charge in [-0.1, -0.05) is 10.2 Å². The Balaban J connectivity index is 2.03. The molecule has 2 heterocycles. The molecule has 0 saturated carbocycles. The second kappa shape index (κ2) is 5.23. The number of carbonyl (C=O) groups is 5. The van der Waals surface area contributed by atoms with E-state index in [0.717, 1.165) is 0 Å². The topological polar surface area (TPSA) is 180 Å². The van der Waals surface area contributed by atoms with E-state index in [1.54, 1.807) is 0 Å². The highest BCUT2D eigenvalue weighted by Crippen LogP contribution is 2.20. The number of nitrogens with zero attached hydrogens (tertiary/aromatic N) is 4. The highest BCUT2D eigenvalue weighted by Gasteiger charge is 2.48. The summed E-state index contributed by atoms with van der Waals surface area (Å²) in [4.78, 5) is 61.1. The van der Waals surface area contributed by atoms with Gasteiger partial charge in [-0.2, -0.15) is 8.42 Å². The van der Waals surface area contributed by atoms with Gasteiger partial charge in [0.1, 0.15) is 6.54 Å². The molecule has 2 aliphatic heterocycles. The number of hydroxylamine groups is 2. The standard InChI is InChI=1S/C8H6N4O9S/c13-4-1-3(22(18,19)20)6(15)12(4)21-5(14)2-11-7(16)9-10-8(11)17/h3H,1-2H2,(H,18,19,20). The number of imide groups is 2. The van der Waals surface area contributed by atoms with Gasteiger partial charge in [0.15, 0.2) is 5.25 Å². The molecule has 118 valence electrons. The van der Waals surface area contributed by atoms with Crippen molar-refractivity contribution in [3.8, 4) is 0 Å². The van der Waals surface area contributed by atoms with E-state index in [4.69, 9.17) is 4.55 Å². The number of rotatable bonds is 4. The van der Waals surface area contributed by atoms with E-state index in [2.05, 4.69) is 15.1 Å². The molecule has 13 nitrogen and oxygen atoms in total. The highest BCUT2D eigenvalue weighted by atomic mass is 32.2. The van der Waals surface area contributed by atoms with Crippen molar-refractivity contribution in [1.82, 2.24) is 9.96 Å². The van der Waals surface area contributed by atoms with Gasteiger partial charge in [0.05, 0.1) is 6.42 Å². The van der Waals surface area contributed by atoms with Gasteiger partial charge in [-0.15, -0.1) is 5.06 Å². The Kier molecular flexibility index (Phi) is 3.72. The molecule has 0 spiro atoms. The minimum atomic E-state index is -4.85. The molecular weight excluding hydrogens is 328 g/mol. The van der Waals surface area contributed by atoms with Crippen LogP contribution in [0, 0.1) is 0 Å². The Bertz CT molecular complexity index is 708. The van der Waals surface area contributed by atoms with E-state index in [1.165, 1.54) is 0 Å². The van der Waals surface area contributed by atoms with Crippen molar-refractivity contribution < 1.29 is 41.8 Å². The second-order valence-electron chi connectivity index (χ2n) is 4.05. The number of azo groups is 1. The average Bonchev–Trinajstić information content (AvgIpc) is 2.85. The predicted molar refractivity (Wildman–Crippen MR) is 60.3 cm³/mol. The maximum Gasteiger partial charge on any atom is 0.371 e.